The van der Waals surface area contributed by atoms with E-state index < -0.39 is 0 Å². The van der Waals surface area contributed by atoms with Crippen LogP contribution in [0.25, 0.3) is 10.2 Å². The number of amides is 1. The molecule has 8 heteroatoms. The molecule has 3 aromatic heterocycles. The first kappa shape index (κ1) is 17.0. The summed E-state index contributed by atoms with van der Waals surface area (Å²) in [7, 11) is 1.72. The Morgan fingerprint density at radius 2 is 2.15 bits per heavy atom. The molecule has 1 fully saturated rings. The summed E-state index contributed by atoms with van der Waals surface area (Å²) in [6.45, 7) is 0.245. The summed E-state index contributed by atoms with van der Waals surface area (Å²) in [4.78, 5) is 33.8. The van der Waals surface area contributed by atoms with Crippen LogP contribution in [0.4, 0.5) is 0 Å². The summed E-state index contributed by atoms with van der Waals surface area (Å²) in [5.41, 5.74) is 2.07. The Balaban J connectivity index is 1.54. The lowest BCUT2D eigenvalue weighted by Gasteiger charge is -2.22. The van der Waals surface area contributed by atoms with Gasteiger partial charge in [-0.2, -0.15) is 5.10 Å². The lowest BCUT2D eigenvalue weighted by molar-refractivity contribution is 0.0779. The topological polar surface area (TPSA) is 94.7 Å². The van der Waals surface area contributed by atoms with Gasteiger partial charge in [0.25, 0.3) is 11.5 Å². The highest BCUT2D eigenvalue weighted by atomic mass is 32.1. The molecular weight excluding hydrogens is 350 g/mol. The minimum Gasteiger partial charge on any atom is -0.334 e. The van der Waals surface area contributed by atoms with Gasteiger partial charge in [0.2, 0.25) is 0 Å². The van der Waals surface area contributed by atoms with Crippen LogP contribution in [0, 0.1) is 0 Å². The average Bonchev–Trinajstić information content (AvgIpc) is 3.31. The molecule has 7 nitrogen and oxygen atoms in total. The maximum Gasteiger partial charge on any atom is 0.268 e. The molecule has 3 aromatic rings. The minimum atomic E-state index is -0.160. The van der Waals surface area contributed by atoms with Crippen LogP contribution in [0.3, 0.4) is 0 Å². The molecular formula is C18H21N5O2S. The van der Waals surface area contributed by atoms with Crippen molar-refractivity contribution in [3.63, 3.8) is 0 Å². The number of fused-ring (bicyclic) bond motifs is 1. The zero-order chi connectivity index (χ0) is 18.1. The normalized spacial score (nSPS) is 15.4. The van der Waals surface area contributed by atoms with E-state index in [1.807, 2.05) is 11.4 Å². The van der Waals surface area contributed by atoms with Crippen molar-refractivity contribution in [3.8, 4) is 0 Å². The highest BCUT2D eigenvalue weighted by molar-refractivity contribution is 7.17. The highest BCUT2D eigenvalue weighted by Gasteiger charge is 2.25. The molecule has 0 aliphatic heterocycles. The molecule has 3 heterocycles. The van der Waals surface area contributed by atoms with Gasteiger partial charge in [-0.05, 0) is 24.3 Å². The Bertz CT molecular complexity index is 983. The number of hydrogen-bond donors (Lipinski definition) is 2. The van der Waals surface area contributed by atoms with E-state index in [0.717, 1.165) is 18.5 Å². The first-order valence-corrected chi connectivity index (χ1v) is 9.76. The van der Waals surface area contributed by atoms with Crippen LogP contribution in [0.1, 0.15) is 59.9 Å². The summed E-state index contributed by atoms with van der Waals surface area (Å²) in [5.74, 6) is 0.755. The number of aromatic nitrogens is 4. The summed E-state index contributed by atoms with van der Waals surface area (Å²) >= 11 is 1.36. The molecule has 0 atom stereocenters. The molecule has 1 aliphatic carbocycles. The third kappa shape index (κ3) is 3.16. The molecule has 26 heavy (non-hydrogen) atoms. The number of rotatable bonds is 4. The van der Waals surface area contributed by atoms with Gasteiger partial charge in [-0.1, -0.05) is 19.3 Å². The number of nitrogens with one attached hydrogen (secondary N) is 2. The average molecular weight is 371 g/mol. The standard InChI is InChI=1S/C18H21N5O2S/c1-23(10-14-20-13-7-8-26-16(13)17(24)21-14)18(25)12-9-19-22-15(12)11-5-3-2-4-6-11/h7-9,11H,2-6,10H2,1H3,(H,19,22)(H,20,21,24). The van der Waals surface area contributed by atoms with Gasteiger partial charge in [-0.15, -0.1) is 11.3 Å². The number of H-pyrrole nitrogens is 2. The van der Waals surface area contributed by atoms with Crippen molar-refractivity contribution in [2.75, 3.05) is 7.05 Å². The van der Waals surface area contributed by atoms with E-state index in [1.54, 1.807) is 18.1 Å². The number of carbonyl (C=O) groups excluding carboxylic acids is 1. The predicted molar refractivity (Wildman–Crippen MR) is 100 cm³/mol. The molecule has 0 radical (unpaired) electrons. The van der Waals surface area contributed by atoms with Crippen molar-refractivity contribution < 1.29 is 4.79 Å². The molecule has 0 aromatic carbocycles. The van der Waals surface area contributed by atoms with E-state index >= 15 is 0 Å². The molecule has 4 rings (SSSR count). The number of nitrogens with zero attached hydrogens (tertiary/aromatic N) is 3. The van der Waals surface area contributed by atoms with E-state index in [9.17, 15) is 9.59 Å². The van der Waals surface area contributed by atoms with Crippen molar-refractivity contribution in [2.24, 2.45) is 0 Å². The van der Waals surface area contributed by atoms with E-state index in [2.05, 4.69) is 20.2 Å². The van der Waals surface area contributed by atoms with Gasteiger partial charge < -0.3 is 9.88 Å². The fourth-order valence-corrected chi connectivity index (χ4v) is 4.39. The zero-order valence-corrected chi connectivity index (χ0v) is 15.4. The van der Waals surface area contributed by atoms with Crippen LogP contribution >= 0.6 is 11.3 Å². The summed E-state index contributed by atoms with van der Waals surface area (Å²) in [6, 6.07) is 1.82. The second kappa shape index (κ2) is 7.03. The van der Waals surface area contributed by atoms with Crippen LogP contribution in [-0.2, 0) is 6.54 Å². The van der Waals surface area contributed by atoms with Crippen molar-refractivity contribution in [1.29, 1.82) is 0 Å². The Hall–Kier alpha value is -2.48. The van der Waals surface area contributed by atoms with Gasteiger partial charge in [-0.25, -0.2) is 4.98 Å². The third-order valence-corrected chi connectivity index (χ3v) is 5.91. The van der Waals surface area contributed by atoms with E-state index in [4.69, 9.17) is 0 Å². The molecule has 1 aliphatic rings. The molecule has 0 spiro atoms. The second-order valence-electron chi connectivity index (χ2n) is 6.84. The third-order valence-electron chi connectivity index (χ3n) is 5.01. The Kier molecular flexibility index (Phi) is 4.58. The van der Waals surface area contributed by atoms with Crippen LogP contribution in [-0.4, -0.2) is 38.0 Å². The monoisotopic (exact) mass is 371 g/mol. The van der Waals surface area contributed by atoms with Crippen molar-refractivity contribution in [3.05, 3.63) is 45.1 Å². The number of thiophene rings is 1. The minimum absolute atomic E-state index is 0.104. The maximum absolute atomic E-state index is 12.9. The number of aromatic amines is 2. The first-order valence-electron chi connectivity index (χ1n) is 8.88. The lowest BCUT2D eigenvalue weighted by atomic mass is 9.85. The molecule has 2 N–H and O–H groups in total. The Morgan fingerprint density at radius 3 is 2.96 bits per heavy atom. The highest BCUT2D eigenvalue weighted by Crippen LogP contribution is 2.33. The summed E-state index contributed by atoms with van der Waals surface area (Å²) < 4.78 is 0.608. The zero-order valence-electron chi connectivity index (χ0n) is 14.6. The van der Waals surface area contributed by atoms with Gasteiger partial charge in [0.15, 0.2) is 0 Å². The van der Waals surface area contributed by atoms with Crippen LogP contribution in [0.5, 0.6) is 0 Å². The van der Waals surface area contributed by atoms with Crippen molar-refractivity contribution in [2.45, 2.75) is 44.6 Å². The Morgan fingerprint density at radius 1 is 1.35 bits per heavy atom. The van der Waals surface area contributed by atoms with Gasteiger partial charge in [0, 0.05) is 13.0 Å². The fraction of sp³-hybridized carbons (Fsp3) is 0.444. The number of hydrogen-bond acceptors (Lipinski definition) is 5. The van der Waals surface area contributed by atoms with Gasteiger partial charge in [0.1, 0.15) is 10.5 Å². The Labute approximate surface area is 154 Å². The number of carbonyl (C=O) groups is 1. The summed E-state index contributed by atoms with van der Waals surface area (Å²) in [6.07, 6.45) is 7.45. The largest absolute Gasteiger partial charge is 0.334 e. The molecule has 136 valence electrons. The molecule has 0 saturated heterocycles. The van der Waals surface area contributed by atoms with E-state index in [-0.39, 0.29) is 18.0 Å². The smallest absolute Gasteiger partial charge is 0.268 e. The molecule has 1 saturated carbocycles. The van der Waals surface area contributed by atoms with Crippen molar-refractivity contribution >= 4 is 27.5 Å². The first-order chi connectivity index (χ1) is 12.6. The molecule has 1 amide bonds. The van der Waals surface area contributed by atoms with Gasteiger partial charge in [0.05, 0.1) is 29.5 Å². The van der Waals surface area contributed by atoms with Crippen LogP contribution in [0.2, 0.25) is 0 Å². The van der Waals surface area contributed by atoms with E-state index in [0.29, 0.717) is 27.5 Å². The van der Waals surface area contributed by atoms with E-state index in [1.165, 1.54) is 30.6 Å². The van der Waals surface area contributed by atoms with Gasteiger partial charge in [-0.3, -0.25) is 14.7 Å². The van der Waals surface area contributed by atoms with Gasteiger partial charge >= 0.3 is 0 Å². The lowest BCUT2D eigenvalue weighted by Crippen LogP contribution is -2.29. The predicted octanol–water partition coefficient (Wildman–Crippen LogP) is 3.03. The molecule has 0 unspecified atom stereocenters. The summed E-state index contributed by atoms with van der Waals surface area (Å²) in [5, 5.41) is 8.99. The maximum atomic E-state index is 12.9. The van der Waals surface area contributed by atoms with Crippen LogP contribution in [0.15, 0.2) is 22.4 Å². The molecule has 0 bridgehead atoms. The SMILES string of the molecule is CN(Cc1nc2ccsc2c(=O)[nH]1)C(=O)c1cn[nH]c1C1CCCCC1. The second-order valence-corrected chi connectivity index (χ2v) is 7.76. The quantitative estimate of drug-likeness (QED) is 0.737. The van der Waals surface area contributed by atoms with Crippen LogP contribution < -0.4 is 5.56 Å². The van der Waals surface area contributed by atoms with Crippen molar-refractivity contribution in [1.82, 2.24) is 25.1 Å². The fourth-order valence-electron chi connectivity index (χ4n) is 3.67.